The minimum atomic E-state index is -4.31. The highest BCUT2D eigenvalue weighted by atomic mass is 19.4. The molecular formula is C17H16F3N. The molecule has 0 aliphatic rings. The number of aliphatic imine (C=N–C) groups is 1. The standard InChI is InChI=1S/C17H16F3N/c1-11-5-4-6-12(2)16(11)21-13(3)14-7-9-15(10-8-14)17(18,19)20/h4-10H,1-3H3. The second-order valence-corrected chi connectivity index (χ2v) is 5.01. The summed E-state index contributed by atoms with van der Waals surface area (Å²) in [5, 5.41) is 0. The number of nitrogens with zero attached hydrogens (tertiary/aromatic N) is 1. The highest BCUT2D eigenvalue weighted by Crippen LogP contribution is 2.29. The third kappa shape index (κ3) is 3.51. The lowest BCUT2D eigenvalue weighted by Gasteiger charge is -2.09. The molecule has 4 heteroatoms. The monoisotopic (exact) mass is 291 g/mol. The van der Waals surface area contributed by atoms with Crippen molar-refractivity contribution in [2.24, 2.45) is 4.99 Å². The zero-order chi connectivity index (χ0) is 15.6. The molecule has 2 rings (SSSR count). The lowest BCUT2D eigenvalue weighted by atomic mass is 10.1. The number of para-hydroxylation sites is 1. The van der Waals surface area contributed by atoms with Crippen LogP contribution >= 0.6 is 0 Å². The third-order valence-corrected chi connectivity index (χ3v) is 3.35. The van der Waals surface area contributed by atoms with Gasteiger partial charge in [-0.3, -0.25) is 4.99 Å². The zero-order valence-electron chi connectivity index (χ0n) is 12.1. The lowest BCUT2D eigenvalue weighted by Crippen LogP contribution is -2.05. The fraction of sp³-hybridized carbons (Fsp3) is 0.235. The van der Waals surface area contributed by atoms with Crippen molar-refractivity contribution < 1.29 is 13.2 Å². The van der Waals surface area contributed by atoms with Crippen LogP contribution in [0.5, 0.6) is 0 Å². The van der Waals surface area contributed by atoms with Crippen LogP contribution in [0.2, 0.25) is 0 Å². The van der Waals surface area contributed by atoms with Crippen molar-refractivity contribution in [3.63, 3.8) is 0 Å². The van der Waals surface area contributed by atoms with Crippen LogP contribution in [0.4, 0.5) is 18.9 Å². The summed E-state index contributed by atoms with van der Waals surface area (Å²) in [6.45, 7) is 5.73. The smallest absolute Gasteiger partial charge is 0.253 e. The van der Waals surface area contributed by atoms with Crippen molar-refractivity contribution in [2.75, 3.05) is 0 Å². The maximum absolute atomic E-state index is 12.5. The fourth-order valence-corrected chi connectivity index (χ4v) is 2.11. The largest absolute Gasteiger partial charge is 0.416 e. The van der Waals surface area contributed by atoms with Gasteiger partial charge < -0.3 is 0 Å². The highest BCUT2D eigenvalue weighted by molar-refractivity contribution is 6.00. The summed E-state index contributed by atoms with van der Waals surface area (Å²) in [6.07, 6.45) is -4.31. The molecule has 0 amide bonds. The maximum atomic E-state index is 12.5. The summed E-state index contributed by atoms with van der Waals surface area (Å²) in [4.78, 5) is 4.56. The van der Waals surface area contributed by atoms with Gasteiger partial charge in [0.1, 0.15) is 0 Å². The number of hydrogen-bond donors (Lipinski definition) is 0. The molecule has 0 atom stereocenters. The predicted octanol–water partition coefficient (Wildman–Crippen LogP) is 5.46. The van der Waals surface area contributed by atoms with Crippen molar-refractivity contribution in [2.45, 2.75) is 26.9 Å². The molecule has 110 valence electrons. The van der Waals surface area contributed by atoms with E-state index in [9.17, 15) is 13.2 Å². The molecule has 1 nitrogen and oxygen atoms in total. The van der Waals surface area contributed by atoms with E-state index < -0.39 is 11.7 Å². The molecule has 0 N–H and O–H groups in total. The van der Waals surface area contributed by atoms with Crippen molar-refractivity contribution in [1.29, 1.82) is 0 Å². The van der Waals surface area contributed by atoms with Crippen LogP contribution < -0.4 is 0 Å². The topological polar surface area (TPSA) is 12.4 Å². The Morgan fingerprint density at radius 2 is 1.43 bits per heavy atom. The van der Waals surface area contributed by atoms with Crippen LogP contribution in [0.1, 0.15) is 29.2 Å². The van der Waals surface area contributed by atoms with Gasteiger partial charge in [0.05, 0.1) is 11.3 Å². The average Bonchev–Trinajstić information content (AvgIpc) is 2.42. The molecule has 0 aromatic heterocycles. The van der Waals surface area contributed by atoms with Crippen LogP contribution in [0.3, 0.4) is 0 Å². The van der Waals surface area contributed by atoms with Crippen molar-refractivity contribution in [3.05, 3.63) is 64.7 Å². The zero-order valence-corrected chi connectivity index (χ0v) is 12.1. The number of hydrogen-bond acceptors (Lipinski definition) is 1. The molecule has 21 heavy (non-hydrogen) atoms. The molecule has 2 aromatic rings. The number of halogens is 3. The number of aryl methyl sites for hydroxylation is 2. The Bertz CT molecular complexity index is 647. The van der Waals surface area contributed by atoms with E-state index in [0.717, 1.165) is 28.9 Å². The summed E-state index contributed by atoms with van der Waals surface area (Å²) in [5.41, 5.74) is 3.69. The van der Waals surface area contributed by atoms with E-state index in [0.29, 0.717) is 11.3 Å². The Hall–Kier alpha value is -2.10. The summed E-state index contributed by atoms with van der Waals surface area (Å²) in [7, 11) is 0. The van der Waals surface area contributed by atoms with Crippen LogP contribution in [-0.4, -0.2) is 5.71 Å². The first kappa shape index (κ1) is 15.3. The van der Waals surface area contributed by atoms with Gasteiger partial charge in [-0.1, -0.05) is 30.3 Å². The minimum absolute atomic E-state index is 0.647. The normalized spacial score (nSPS) is 12.6. The Morgan fingerprint density at radius 3 is 1.90 bits per heavy atom. The average molecular weight is 291 g/mol. The molecule has 0 unspecified atom stereocenters. The van der Waals surface area contributed by atoms with Gasteiger partial charge in [-0.15, -0.1) is 0 Å². The van der Waals surface area contributed by atoms with Crippen molar-refractivity contribution >= 4 is 11.4 Å². The van der Waals surface area contributed by atoms with Crippen LogP contribution in [0, 0.1) is 13.8 Å². The SMILES string of the molecule is CC(=Nc1c(C)cccc1C)c1ccc(C(F)(F)F)cc1. The Labute approximate surface area is 122 Å². The molecule has 0 aliphatic heterocycles. The van der Waals surface area contributed by atoms with Gasteiger partial charge in [0.25, 0.3) is 0 Å². The maximum Gasteiger partial charge on any atom is 0.416 e. The van der Waals surface area contributed by atoms with Gasteiger partial charge >= 0.3 is 6.18 Å². The van der Waals surface area contributed by atoms with E-state index >= 15 is 0 Å². The Morgan fingerprint density at radius 1 is 0.905 bits per heavy atom. The van der Waals surface area contributed by atoms with E-state index in [2.05, 4.69) is 4.99 Å². The van der Waals surface area contributed by atoms with E-state index in [-0.39, 0.29) is 0 Å². The second kappa shape index (κ2) is 5.72. The van der Waals surface area contributed by atoms with E-state index in [1.807, 2.05) is 32.0 Å². The molecule has 0 radical (unpaired) electrons. The van der Waals surface area contributed by atoms with E-state index in [1.165, 1.54) is 12.1 Å². The molecule has 0 fully saturated rings. The van der Waals surface area contributed by atoms with Gasteiger partial charge in [-0.2, -0.15) is 13.2 Å². The van der Waals surface area contributed by atoms with Gasteiger partial charge in [-0.05, 0) is 49.6 Å². The first-order chi connectivity index (χ1) is 9.79. The summed E-state index contributed by atoms with van der Waals surface area (Å²) in [5.74, 6) is 0. The fourth-order valence-electron chi connectivity index (χ4n) is 2.11. The number of benzene rings is 2. The molecule has 0 saturated carbocycles. The molecule has 0 bridgehead atoms. The van der Waals surface area contributed by atoms with Gasteiger partial charge in [-0.25, -0.2) is 0 Å². The summed E-state index contributed by atoms with van der Waals surface area (Å²) < 4.78 is 37.6. The molecule has 0 spiro atoms. The summed E-state index contributed by atoms with van der Waals surface area (Å²) in [6, 6.07) is 11.0. The molecule has 0 aliphatic carbocycles. The van der Waals surface area contributed by atoms with Crippen molar-refractivity contribution in [1.82, 2.24) is 0 Å². The first-order valence-electron chi connectivity index (χ1n) is 6.58. The molecule has 0 heterocycles. The van der Waals surface area contributed by atoms with Crippen LogP contribution in [0.15, 0.2) is 47.5 Å². The highest BCUT2D eigenvalue weighted by Gasteiger charge is 2.29. The predicted molar refractivity (Wildman–Crippen MR) is 79.2 cm³/mol. The summed E-state index contributed by atoms with van der Waals surface area (Å²) >= 11 is 0. The molecule has 0 saturated heterocycles. The quantitative estimate of drug-likeness (QED) is 0.651. The van der Waals surface area contributed by atoms with E-state index in [4.69, 9.17) is 0 Å². The van der Waals surface area contributed by atoms with Gasteiger partial charge in [0.15, 0.2) is 0 Å². The lowest BCUT2D eigenvalue weighted by molar-refractivity contribution is -0.137. The minimum Gasteiger partial charge on any atom is -0.253 e. The van der Waals surface area contributed by atoms with Crippen LogP contribution in [0.25, 0.3) is 0 Å². The number of rotatable bonds is 2. The van der Waals surface area contributed by atoms with Gasteiger partial charge in [0, 0.05) is 5.71 Å². The van der Waals surface area contributed by atoms with Gasteiger partial charge in [0.2, 0.25) is 0 Å². The second-order valence-electron chi connectivity index (χ2n) is 5.01. The van der Waals surface area contributed by atoms with E-state index in [1.54, 1.807) is 6.92 Å². The van der Waals surface area contributed by atoms with Crippen LogP contribution in [-0.2, 0) is 6.18 Å². The Balaban J connectivity index is 2.36. The first-order valence-corrected chi connectivity index (χ1v) is 6.58. The third-order valence-electron chi connectivity index (χ3n) is 3.35. The number of alkyl halides is 3. The molecule has 2 aromatic carbocycles. The molecular weight excluding hydrogens is 275 g/mol. The van der Waals surface area contributed by atoms with Crippen molar-refractivity contribution in [3.8, 4) is 0 Å². The Kier molecular flexibility index (Phi) is 4.16.